The normalized spacial score (nSPS) is 14.4. The Labute approximate surface area is 136 Å². The molecule has 0 unspecified atom stereocenters. The van der Waals surface area contributed by atoms with E-state index in [-0.39, 0.29) is 5.91 Å². The van der Waals surface area contributed by atoms with Crippen molar-refractivity contribution in [3.05, 3.63) is 59.4 Å². The molecule has 2 heterocycles. The summed E-state index contributed by atoms with van der Waals surface area (Å²) in [5.74, 6) is -0.312. The number of hydrazone groups is 1. The minimum atomic E-state index is -0.312. The van der Waals surface area contributed by atoms with E-state index in [4.69, 9.17) is 0 Å². The number of hydrogen-bond donors (Lipinski definition) is 1. The van der Waals surface area contributed by atoms with Crippen LogP contribution in [-0.4, -0.2) is 30.2 Å². The number of nitrogens with zero attached hydrogens (tertiary/aromatic N) is 3. The lowest BCUT2D eigenvalue weighted by Gasteiger charge is -2.18. The van der Waals surface area contributed by atoms with Crippen molar-refractivity contribution in [2.24, 2.45) is 5.10 Å². The molecule has 1 aromatic heterocycles. The molecule has 5 heteroatoms. The number of nitrogens with one attached hydrogen (secondary N) is 1. The first-order valence-electron chi connectivity index (χ1n) is 7.84. The van der Waals surface area contributed by atoms with E-state index in [0.29, 0.717) is 5.69 Å². The minimum absolute atomic E-state index is 0.312. The largest absolute Gasteiger partial charge is 0.372 e. The van der Waals surface area contributed by atoms with Gasteiger partial charge in [0.25, 0.3) is 5.91 Å². The molecular formula is C18H20N4O. The van der Waals surface area contributed by atoms with E-state index in [1.54, 1.807) is 30.6 Å². The van der Waals surface area contributed by atoms with Gasteiger partial charge in [-0.1, -0.05) is 12.1 Å². The second kappa shape index (κ2) is 7.05. The van der Waals surface area contributed by atoms with Gasteiger partial charge in [0.2, 0.25) is 0 Å². The van der Waals surface area contributed by atoms with Gasteiger partial charge in [-0.05, 0) is 55.2 Å². The van der Waals surface area contributed by atoms with Crippen molar-refractivity contribution in [2.75, 3.05) is 18.0 Å². The second-order valence-corrected chi connectivity index (χ2v) is 5.65. The summed E-state index contributed by atoms with van der Waals surface area (Å²) >= 11 is 0. The smallest absolute Gasteiger partial charge is 0.289 e. The van der Waals surface area contributed by atoms with E-state index in [2.05, 4.69) is 39.5 Å². The number of carbonyl (C=O) groups is 1. The summed E-state index contributed by atoms with van der Waals surface area (Å²) in [4.78, 5) is 18.2. The van der Waals surface area contributed by atoms with Gasteiger partial charge in [-0.15, -0.1) is 0 Å². The third kappa shape index (κ3) is 3.74. The molecule has 1 aromatic carbocycles. The van der Waals surface area contributed by atoms with Crippen molar-refractivity contribution < 1.29 is 4.79 Å². The molecule has 0 spiro atoms. The molecule has 118 valence electrons. The number of anilines is 1. The van der Waals surface area contributed by atoms with Crippen LogP contribution >= 0.6 is 0 Å². The first-order chi connectivity index (χ1) is 11.2. The fraction of sp³-hybridized carbons (Fsp3) is 0.278. The van der Waals surface area contributed by atoms with Gasteiger partial charge in [0.1, 0.15) is 5.69 Å². The van der Waals surface area contributed by atoms with Crippen LogP contribution < -0.4 is 10.3 Å². The van der Waals surface area contributed by atoms with Gasteiger partial charge in [0.05, 0.1) is 6.21 Å². The summed E-state index contributed by atoms with van der Waals surface area (Å²) in [5, 5.41) is 4.03. The fourth-order valence-electron chi connectivity index (χ4n) is 2.69. The monoisotopic (exact) mass is 308 g/mol. The number of pyridine rings is 1. The van der Waals surface area contributed by atoms with Crippen LogP contribution in [0.25, 0.3) is 0 Å². The first-order valence-corrected chi connectivity index (χ1v) is 7.84. The van der Waals surface area contributed by atoms with Crippen molar-refractivity contribution in [3.8, 4) is 0 Å². The number of benzene rings is 1. The number of hydrogen-bond acceptors (Lipinski definition) is 4. The summed E-state index contributed by atoms with van der Waals surface area (Å²) in [6.45, 7) is 4.32. The molecule has 3 rings (SSSR count). The highest BCUT2D eigenvalue weighted by molar-refractivity contribution is 5.93. The van der Waals surface area contributed by atoms with Gasteiger partial charge in [0.15, 0.2) is 0 Å². The third-order valence-corrected chi connectivity index (χ3v) is 3.99. The first kappa shape index (κ1) is 15.2. The number of aryl methyl sites for hydroxylation is 1. The molecular weight excluding hydrogens is 288 g/mol. The van der Waals surface area contributed by atoms with E-state index in [1.165, 1.54) is 18.5 Å². The lowest BCUT2D eigenvalue weighted by atomic mass is 10.1. The maximum Gasteiger partial charge on any atom is 0.289 e. The Hall–Kier alpha value is -2.69. The van der Waals surface area contributed by atoms with Gasteiger partial charge >= 0.3 is 0 Å². The minimum Gasteiger partial charge on any atom is -0.372 e. The Kier molecular flexibility index (Phi) is 4.66. The van der Waals surface area contributed by atoms with Crippen molar-refractivity contribution >= 4 is 17.8 Å². The summed E-state index contributed by atoms with van der Waals surface area (Å²) in [5.41, 5.74) is 6.25. The number of amides is 1. The average molecular weight is 308 g/mol. The molecule has 0 atom stereocenters. The molecule has 1 saturated heterocycles. The van der Waals surface area contributed by atoms with Crippen LogP contribution in [0.4, 0.5) is 5.69 Å². The van der Waals surface area contributed by atoms with E-state index < -0.39 is 0 Å². The summed E-state index contributed by atoms with van der Waals surface area (Å²) in [7, 11) is 0. The lowest BCUT2D eigenvalue weighted by molar-refractivity contribution is 0.0950. The van der Waals surface area contributed by atoms with Crippen LogP contribution in [0, 0.1) is 6.92 Å². The van der Waals surface area contributed by atoms with Crippen LogP contribution in [0.15, 0.2) is 47.7 Å². The quantitative estimate of drug-likeness (QED) is 0.698. The van der Waals surface area contributed by atoms with Gasteiger partial charge in [0, 0.05) is 25.0 Å². The van der Waals surface area contributed by atoms with Crippen LogP contribution in [0.3, 0.4) is 0 Å². The maximum atomic E-state index is 11.9. The topological polar surface area (TPSA) is 57.6 Å². The van der Waals surface area contributed by atoms with E-state index in [9.17, 15) is 4.79 Å². The van der Waals surface area contributed by atoms with Gasteiger partial charge in [-0.2, -0.15) is 5.10 Å². The Balaban J connectivity index is 1.64. The molecule has 1 fully saturated rings. The number of rotatable bonds is 4. The Bertz CT molecular complexity index is 706. The molecule has 1 N–H and O–H groups in total. The molecule has 0 bridgehead atoms. The zero-order chi connectivity index (χ0) is 16.1. The fourth-order valence-corrected chi connectivity index (χ4v) is 2.69. The van der Waals surface area contributed by atoms with Gasteiger partial charge in [-0.25, -0.2) is 5.43 Å². The van der Waals surface area contributed by atoms with Crippen molar-refractivity contribution in [3.63, 3.8) is 0 Å². The van der Waals surface area contributed by atoms with Crippen LogP contribution in [-0.2, 0) is 0 Å². The SMILES string of the molecule is Cc1cc(N2CCCC2)ccc1C=NNC(=O)c1ccccn1. The molecule has 0 radical (unpaired) electrons. The van der Waals surface area contributed by atoms with E-state index in [1.807, 2.05) is 6.07 Å². The van der Waals surface area contributed by atoms with Crippen molar-refractivity contribution in [1.29, 1.82) is 0 Å². The average Bonchev–Trinajstić information content (AvgIpc) is 3.11. The highest BCUT2D eigenvalue weighted by atomic mass is 16.2. The summed E-state index contributed by atoms with van der Waals surface area (Å²) in [6, 6.07) is 11.5. The number of carbonyl (C=O) groups excluding carboxylic acids is 1. The molecule has 0 aliphatic carbocycles. The van der Waals surface area contributed by atoms with Gasteiger partial charge in [-0.3, -0.25) is 9.78 Å². The van der Waals surface area contributed by atoms with Crippen LogP contribution in [0.1, 0.15) is 34.5 Å². The van der Waals surface area contributed by atoms with Crippen LogP contribution in [0.5, 0.6) is 0 Å². The molecule has 2 aromatic rings. The third-order valence-electron chi connectivity index (χ3n) is 3.99. The molecule has 5 nitrogen and oxygen atoms in total. The Morgan fingerprint density at radius 3 is 2.78 bits per heavy atom. The standard InChI is InChI=1S/C18H20N4O/c1-14-12-16(22-10-4-5-11-22)8-7-15(14)13-20-21-18(23)17-6-2-3-9-19-17/h2-3,6-9,12-13H,4-5,10-11H2,1H3,(H,21,23). The predicted molar refractivity (Wildman–Crippen MR) is 91.9 cm³/mol. The van der Waals surface area contributed by atoms with E-state index >= 15 is 0 Å². The zero-order valence-corrected chi connectivity index (χ0v) is 13.2. The molecule has 0 saturated carbocycles. The van der Waals surface area contributed by atoms with Crippen LogP contribution in [0.2, 0.25) is 0 Å². The van der Waals surface area contributed by atoms with Crippen molar-refractivity contribution in [2.45, 2.75) is 19.8 Å². The summed E-state index contributed by atoms with van der Waals surface area (Å²) in [6.07, 6.45) is 5.79. The molecule has 23 heavy (non-hydrogen) atoms. The second-order valence-electron chi connectivity index (χ2n) is 5.65. The molecule has 1 aliphatic heterocycles. The maximum absolute atomic E-state index is 11.9. The Morgan fingerprint density at radius 1 is 1.26 bits per heavy atom. The Morgan fingerprint density at radius 2 is 2.09 bits per heavy atom. The molecule has 1 aliphatic rings. The highest BCUT2D eigenvalue weighted by Crippen LogP contribution is 2.22. The van der Waals surface area contributed by atoms with Crippen molar-refractivity contribution in [1.82, 2.24) is 10.4 Å². The molecule has 1 amide bonds. The van der Waals surface area contributed by atoms with E-state index in [0.717, 1.165) is 24.2 Å². The predicted octanol–water partition coefficient (Wildman–Crippen LogP) is 2.75. The zero-order valence-electron chi connectivity index (χ0n) is 13.2. The number of aromatic nitrogens is 1. The summed E-state index contributed by atoms with van der Waals surface area (Å²) < 4.78 is 0. The lowest BCUT2D eigenvalue weighted by Crippen LogP contribution is -2.19. The highest BCUT2D eigenvalue weighted by Gasteiger charge is 2.12. The van der Waals surface area contributed by atoms with Gasteiger partial charge < -0.3 is 4.90 Å².